The van der Waals surface area contributed by atoms with E-state index in [9.17, 15) is 4.79 Å². The van der Waals surface area contributed by atoms with Crippen LogP contribution in [0.1, 0.15) is 25.5 Å². The quantitative estimate of drug-likeness (QED) is 0.823. The zero-order valence-electron chi connectivity index (χ0n) is 8.54. The lowest BCUT2D eigenvalue weighted by Gasteiger charge is -2.06. The first kappa shape index (κ1) is 10.6. The fourth-order valence-corrected chi connectivity index (χ4v) is 2.00. The molecule has 0 bridgehead atoms. The molecule has 0 radical (unpaired) electrons. The van der Waals surface area contributed by atoms with Crippen LogP contribution in [0.4, 0.5) is 0 Å². The second kappa shape index (κ2) is 3.92. The molecule has 4 heteroatoms. The van der Waals surface area contributed by atoms with Crippen LogP contribution in [-0.4, -0.2) is 9.97 Å². The van der Waals surface area contributed by atoms with Crippen LogP contribution in [0, 0.1) is 3.57 Å². The average Bonchev–Trinajstić information content (AvgIpc) is 2.23. The molecule has 3 nitrogen and oxygen atoms in total. The summed E-state index contributed by atoms with van der Waals surface area (Å²) in [5.74, 6) is 0.379. The molecule has 0 saturated carbocycles. The molecule has 15 heavy (non-hydrogen) atoms. The van der Waals surface area contributed by atoms with Gasteiger partial charge in [-0.05, 0) is 40.6 Å². The number of aromatic amines is 1. The number of hydrogen-bond donors (Lipinski definition) is 1. The molecule has 2 aromatic rings. The summed E-state index contributed by atoms with van der Waals surface area (Å²) < 4.78 is 0.977. The molecule has 0 aliphatic rings. The molecule has 0 amide bonds. The van der Waals surface area contributed by atoms with Crippen LogP contribution in [0.3, 0.4) is 0 Å². The van der Waals surface area contributed by atoms with Crippen molar-refractivity contribution in [2.75, 3.05) is 0 Å². The van der Waals surface area contributed by atoms with E-state index in [1.165, 1.54) is 0 Å². The van der Waals surface area contributed by atoms with Crippen molar-refractivity contribution in [3.8, 4) is 0 Å². The van der Waals surface area contributed by atoms with Crippen molar-refractivity contribution in [1.29, 1.82) is 0 Å². The van der Waals surface area contributed by atoms with Gasteiger partial charge in [-0.2, -0.15) is 0 Å². The fourth-order valence-electron chi connectivity index (χ4n) is 1.44. The van der Waals surface area contributed by atoms with E-state index in [1.807, 2.05) is 12.1 Å². The van der Waals surface area contributed by atoms with E-state index in [4.69, 9.17) is 0 Å². The van der Waals surface area contributed by atoms with Crippen molar-refractivity contribution < 1.29 is 0 Å². The van der Waals surface area contributed by atoms with Crippen LogP contribution < -0.4 is 5.56 Å². The first-order chi connectivity index (χ1) is 7.09. The van der Waals surface area contributed by atoms with E-state index in [2.05, 4.69) is 46.4 Å². The van der Waals surface area contributed by atoms with Crippen molar-refractivity contribution in [1.82, 2.24) is 9.97 Å². The SMILES string of the molecule is CC(C)c1ccc2c(=O)[nH]cc(I)c2n1. The molecule has 0 atom stereocenters. The van der Waals surface area contributed by atoms with E-state index in [-0.39, 0.29) is 5.56 Å². The van der Waals surface area contributed by atoms with Gasteiger partial charge in [0, 0.05) is 11.9 Å². The zero-order valence-corrected chi connectivity index (χ0v) is 10.7. The van der Waals surface area contributed by atoms with Gasteiger partial charge in [0.25, 0.3) is 5.56 Å². The number of H-pyrrole nitrogens is 1. The maximum atomic E-state index is 11.5. The van der Waals surface area contributed by atoms with Crippen LogP contribution in [0.2, 0.25) is 0 Å². The average molecular weight is 314 g/mol. The van der Waals surface area contributed by atoms with E-state index in [0.717, 1.165) is 14.8 Å². The van der Waals surface area contributed by atoms with Crippen molar-refractivity contribution in [2.24, 2.45) is 0 Å². The summed E-state index contributed by atoms with van der Waals surface area (Å²) in [6, 6.07) is 3.76. The van der Waals surface area contributed by atoms with E-state index >= 15 is 0 Å². The molecule has 0 aliphatic heterocycles. The Morgan fingerprint density at radius 3 is 2.80 bits per heavy atom. The Bertz CT molecular complexity index is 560. The number of nitrogens with one attached hydrogen (secondary N) is 1. The topological polar surface area (TPSA) is 45.8 Å². The molecule has 0 unspecified atom stereocenters. The Balaban J connectivity index is 2.81. The van der Waals surface area contributed by atoms with E-state index in [0.29, 0.717) is 11.3 Å². The first-order valence-electron chi connectivity index (χ1n) is 4.77. The van der Waals surface area contributed by atoms with Crippen LogP contribution in [0.5, 0.6) is 0 Å². The first-order valence-corrected chi connectivity index (χ1v) is 5.85. The predicted octanol–water partition coefficient (Wildman–Crippen LogP) is 2.65. The Hall–Kier alpha value is -0.910. The van der Waals surface area contributed by atoms with Gasteiger partial charge in [-0.3, -0.25) is 9.78 Å². The molecule has 0 aliphatic carbocycles. The van der Waals surface area contributed by atoms with Crippen molar-refractivity contribution in [3.05, 3.63) is 37.9 Å². The van der Waals surface area contributed by atoms with Crippen LogP contribution in [-0.2, 0) is 0 Å². The second-order valence-corrected chi connectivity index (χ2v) is 4.91. The standard InChI is InChI=1S/C11H11IN2O/c1-6(2)9-4-3-7-10(14-9)8(12)5-13-11(7)15/h3-6H,1-2H3,(H,13,15). The Morgan fingerprint density at radius 1 is 1.40 bits per heavy atom. The van der Waals surface area contributed by atoms with E-state index in [1.54, 1.807) is 6.20 Å². The van der Waals surface area contributed by atoms with Gasteiger partial charge >= 0.3 is 0 Å². The summed E-state index contributed by atoms with van der Waals surface area (Å²) >= 11 is 2.18. The highest BCUT2D eigenvalue weighted by Gasteiger charge is 2.07. The molecule has 0 fully saturated rings. The van der Waals surface area contributed by atoms with Gasteiger partial charge in [0.15, 0.2) is 0 Å². The highest BCUT2D eigenvalue weighted by atomic mass is 127. The highest BCUT2D eigenvalue weighted by Crippen LogP contribution is 2.18. The Labute approximate surface area is 101 Å². The van der Waals surface area contributed by atoms with Crippen molar-refractivity contribution >= 4 is 33.5 Å². The van der Waals surface area contributed by atoms with Crippen LogP contribution in [0.25, 0.3) is 10.9 Å². The number of rotatable bonds is 1. The third-order valence-electron chi connectivity index (χ3n) is 2.31. The molecule has 1 N–H and O–H groups in total. The minimum atomic E-state index is -0.0757. The lowest BCUT2D eigenvalue weighted by molar-refractivity contribution is 0.829. The monoisotopic (exact) mass is 314 g/mol. The minimum Gasteiger partial charge on any atom is -0.327 e. The number of halogens is 1. The molecule has 2 rings (SSSR count). The maximum Gasteiger partial charge on any atom is 0.257 e. The summed E-state index contributed by atoms with van der Waals surface area (Å²) in [6.45, 7) is 4.18. The lowest BCUT2D eigenvalue weighted by Crippen LogP contribution is -2.08. The summed E-state index contributed by atoms with van der Waals surface area (Å²) in [5.41, 5.74) is 1.74. The fraction of sp³-hybridized carbons (Fsp3) is 0.273. The normalized spacial score (nSPS) is 11.2. The number of fused-ring (bicyclic) bond motifs is 1. The number of pyridine rings is 2. The predicted molar refractivity (Wildman–Crippen MR) is 69.2 cm³/mol. The highest BCUT2D eigenvalue weighted by molar-refractivity contribution is 14.1. The molecular formula is C11H11IN2O. The maximum absolute atomic E-state index is 11.5. The molecule has 2 aromatic heterocycles. The lowest BCUT2D eigenvalue weighted by atomic mass is 10.1. The summed E-state index contributed by atoms with van der Waals surface area (Å²) in [6.07, 6.45) is 1.70. The van der Waals surface area contributed by atoms with Gasteiger partial charge in [0.1, 0.15) is 0 Å². The largest absolute Gasteiger partial charge is 0.327 e. The third kappa shape index (κ3) is 1.90. The van der Waals surface area contributed by atoms with Gasteiger partial charge in [-0.1, -0.05) is 13.8 Å². The molecule has 0 saturated heterocycles. The summed E-state index contributed by atoms with van der Waals surface area (Å²) in [7, 11) is 0. The Morgan fingerprint density at radius 2 is 2.13 bits per heavy atom. The van der Waals surface area contributed by atoms with Crippen molar-refractivity contribution in [2.45, 2.75) is 19.8 Å². The van der Waals surface area contributed by atoms with Gasteiger partial charge < -0.3 is 4.98 Å². The molecule has 0 aromatic carbocycles. The van der Waals surface area contributed by atoms with Crippen LogP contribution >= 0.6 is 22.6 Å². The molecule has 0 spiro atoms. The van der Waals surface area contributed by atoms with Gasteiger partial charge in [0.2, 0.25) is 0 Å². The number of aromatic nitrogens is 2. The second-order valence-electron chi connectivity index (χ2n) is 3.75. The summed E-state index contributed by atoms with van der Waals surface area (Å²) in [5, 5.41) is 0.659. The van der Waals surface area contributed by atoms with E-state index < -0.39 is 0 Å². The molecule has 78 valence electrons. The van der Waals surface area contributed by atoms with Crippen LogP contribution in [0.15, 0.2) is 23.1 Å². The molecular weight excluding hydrogens is 303 g/mol. The minimum absolute atomic E-state index is 0.0757. The molecule has 2 heterocycles. The Kier molecular flexibility index (Phi) is 2.77. The summed E-state index contributed by atoms with van der Waals surface area (Å²) in [4.78, 5) is 18.7. The van der Waals surface area contributed by atoms with Gasteiger partial charge in [-0.25, -0.2) is 0 Å². The van der Waals surface area contributed by atoms with Gasteiger partial charge in [0.05, 0.1) is 14.5 Å². The zero-order chi connectivity index (χ0) is 11.0. The van der Waals surface area contributed by atoms with Gasteiger partial charge in [-0.15, -0.1) is 0 Å². The number of hydrogen-bond acceptors (Lipinski definition) is 2. The smallest absolute Gasteiger partial charge is 0.257 e. The number of nitrogens with zero attached hydrogens (tertiary/aromatic N) is 1. The van der Waals surface area contributed by atoms with Crippen molar-refractivity contribution in [3.63, 3.8) is 0 Å². The third-order valence-corrected chi connectivity index (χ3v) is 3.13.